The molecule has 1 N–H and O–H groups in total. The minimum atomic E-state index is -2.87. The number of hydroxylamine groups is 1. The maximum Gasteiger partial charge on any atom is 0.148 e. The van der Waals surface area contributed by atoms with Crippen LogP contribution in [0, 0.1) is 5.92 Å². The molecule has 0 saturated heterocycles. The highest BCUT2D eigenvalue weighted by Crippen LogP contribution is 1.89. The van der Waals surface area contributed by atoms with E-state index < -0.39 is 9.84 Å². The van der Waals surface area contributed by atoms with Gasteiger partial charge in [0, 0.05) is 12.8 Å². The fourth-order valence-electron chi connectivity index (χ4n) is 0.525. The van der Waals surface area contributed by atoms with Gasteiger partial charge in [-0.1, -0.05) is 13.8 Å². The lowest BCUT2D eigenvalue weighted by Gasteiger charge is -2.06. The van der Waals surface area contributed by atoms with Crippen LogP contribution in [0.2, 0.25) is 0 Å². The fraction of sp³-hybridized carbons (Fsp3) is 1.00. The summed E-state index contributed by atoms with van der Waals surface area (Å²) in [6.45, 7) is 5.01. The third-order valence-electron chi connectivity index (χ3n) is 1.09. The van der Waals surface area contributed by atoms with E-state index in [1.807, 2.05) is 13.8 Å². The summed E-state index contributed by atoms with van der Waals surface area (Å²) in [7, 11) is -2.87. The summed E-state index contributed by atoms with van der Waals surface area (Å²) in [6.07, 6.45) is 1.21. The molecule has 0 atom stereocenters. The van der Waals surface area contributed by atoms with Gasteiger partial charge in [0.25, 0.3) is 0 Å². The molecule has 0 heterocycles. The molecule has 12 heavy (non-hydrogen) atoms. The Morgan fingerprint density at radius 2 is 2.00 bits per heavy atom. The van der Waals surface area contributed by atoms with Gasteiger partial charge in [-0.3, -0.25) is 0 Å². The molecule has 0 spiro atoms. The van der Waals surface area contributed by atoms with Crippen molar-refractivity contribution < 1.29 is 13.3 Å². The van der Waals surface area contributed by atoms with E-state index in [0.717, 1.165) is 0 Å². The lowest BCUT2D eigenvalue weighted by atomic mass is 10.2. The highest BCUT2D eigenvalue weighted by Gasteiger charge is 2.00. The molecule has 5 heteroatoms. The van der Waals surface area contributed by atoms with E-state index in [1.165, 1.54) is 6.26 Å². The number of rotatable bonds is 6. The Bertz CT molecular complexity index is 199. The molecule has 0 aliphatic rings. The predicted octanol–water partition coefficient (Wildman–Crippen LogP) is 0.208. The monoisotopic (exact) mass is 195 g/mol. The van der Waals surface area contributed by atoms with Gasteiger partial charge < -0.3 is 4.84 Å². The lowest BCUT2D eigenvalue weighted by Crippen LogP contribution is -2.24. The van der Waals surface area contributed by atoms with Crippen LogP contribution in [0.4, 0.5) is 0 Å². The molecule has 0 amide bonds. The number of sulfone groups is 1. The van der Waals surface area contributed by atoms with E-state index in [0.29, 0.717) is 19.1 Å². The van der Waals surface area contributed by atoms with E-state index >= 15 is 0 Å². The van der Waals surface area contributed by atoms with E-state index in [1.54, 1.807) is 0 Å². The van der Waals surface area contributed by atoms with Gasteiger partial charge in [-0.25, -0.2) is 13.9 Å². The molecule has 0 radical (unpaired) electrons. The lowest BCUT2D eigenvalue weighted by molar-refractivity contribution is 0.0274. The molecule has 0 aromatic rings. The molecule has 0 fully saturated rings. The van der Waals surface area contributed by atoms with Crippen LogP contribution in [-0.2, 0) is 14.7 Å². The first-order chi connectivity index (χ1) is 5.42. The minimum absolute atomic E-state index is 0.116. The van der Waals surface area contributed by atoms with E-state index in [9.17, 15) is 8.42 Å². The maximum absolute atomic E-state index is 10.6. The maximum atomic E-state index is 10.6. The Kier molecular flexibility index (Phi) is 5.44. The molecule has 0 aliphatic heterocycles. The summed E-state index contributed by atoms with van der Waals surface area (Å²) < 4.78 is 21.3. The quantitative estimate of drug-likeness (QED) is 0.486. The molecule has 4 nitrogen and oxygen atoms in total. The predicted molar refractivity (Wildman–Crippen MR) is 48.5 cm³/mol. The van der Waals surface area contributed by atoms with E-state index in [4.69, 9.17) is 4.84 Å². The van der Waals surface area contributed by atoms with Crippen LogP contribution >= 0.6 is 0 Å². The smallest absolute Gasteiger partial charge is 0.148 e. The summed E-state index contributed by atoms with van der Waals surface area (Å²) in [4.78, 5) is 4.98. The minimum Gasteiger partial charge on any atom is -0.302 e. The first-order valence-electron chi connectivity index (χ1n) is 3.94. The molecular formula is C7H17NO3S. The zero-order valence-electron chi connectivity index (χ0n) is 7.83. The van der Waals surface area contributed by atoms with E-state index in [2.05, 4.69) is 5.48 Å². The standard InChI is InChI=1S/C7H17NO3S/c1-7(2)6-11-8-4-5-12(3,9)10/h7-8H,4-6H2,1-3H3. The van der Waals surface area contributed by atoms with Crippen molar-refractivity contribution in [3.05, 3.63) is 0 Å². The molecule has 0 aliphatic carbocycles. The summed E-state index contributed by atoms with van der Waals surface area (Å²) >= 11 is 0. The van der Waals surface area contributed by atoms with Crippen molar-refractivity contribution >= 4 is 9.84 Å². The third kappa shape index (κ3) is 9.87. The number of nitrogens with one attached hydrogen (secondary N) is 1. The van der Waals surface area contributed by atoms with Gasteiger partial charge in [0.15, 0.2) is 0 Å². The highest BCUT2D eigenvalue weighted by atomic mass is 32.2. The van der Waals surface area contributed by atoms with Crippen molar-refractivity contribution in [1.82, 2.24) is 5.48 Å². The van der Waals surface area contributed by atoms with Gasteiger partial charge in [0.1, 0.15) is 9.84 Å². The van der Waals surface area contributed by atoms with Crippen LogP contribution in [0.5, 0.6) is 0 Å². The zero-order valence-corrected chi connectivity index (χ0v) is 8.65. The van der Waals surface area contributed by atoms with Crippen molar-refractivity contribution in [2.45, 2.75) is 13.8 Å². The van der Waals surface area contributed by atoms with Gasteiger partial charge in [0.05, 0.1) is 12.4 Å². The van der Waals surface area contributed by atoms with Crippen LogP contribution in [-0.4, -0.2) is 33.6 Å². The first kappa shape index (κ1) is 11.9. The molecule has 0 bridgehead atoms. The summed E-state index contributed by atoms with van der Waals surface area (Å²) in [5.41, 5.74) is 2.59. The normalized spacial score (nSPS) is 12.3. The molecule has 0 aromatic carbocycles. The second kappa shape index (κ2) is 5.50. The molecule has 74 valence electrons. The van der Waals surface area contributed by atoms with Gasteiger partial charge in [0.2, 0.25) is 0 Å². The topological polar surface area (TPSA) is 55.4 Å². The van der Waals surface area contributed by atoms with Crippen molar-refractivity contribution in [3.8, 4) is 0 Å². The molecule has 0 aromatic heterocycles. The van der Waals surface area contributed by atoms with Crippen LogP contribution < -0.4 is 5.48 Å². The SMILES string of the molecule is CC(C)CONCCS(C)(=O)=O. The summed E-state index contributed by atoms with van der Waals surface area (Å²) in [5, 5.41) is 0. The average Bonchev–Trinajstić information content (AvgIpc) is 1.83. The van der Waals surface area contributed by atoms with Crippen molar-refractivity contribution in [1.29, 1.82) is 0 Å². The third-order valence-corrected chi connectivity index (χ3v) is 2.04. The second-order valence-electron chi connectivity index (χ2n) is 3.23. The van der Waals surface area contributed by atoms with Gasteiger partial charge in [-0.05, 0) is 5.92 Å². The zero-order chi connectivity index (χ0) is 9.61. The Hall–Kier alpha value is -0.130. The van der Waals surface area contributed by atoms with Crippen LogP contribution in [0.3, 0.4) is 0 Å². The van der Waals surface area contributed by atoms with Crippen LogP contribution in [0.1, 0.15) is 13.8 Å². The van der Waals surface area contributed by atoms with E-state index in [-0.39, 0.29) is 5.75 Å². The molecular weight excluding hydrogens is 178 g/mol. The van der Waals surface area contributed by atoms with Crippen molar-refractivity contribution in [2.24, 2.45) is 5.92 Å². The summed E-state index contributed by atoms with van der Waals surface area (Å²) in [5.74, 6) is 0.571. The molecule has 0 unspecified atom stereocenters. The second-order valence-corrected chi connectivity index (χ2v) is 5.49. The first-order valence-corrected chi connectivity index (χ1v) is 6.00. The Balaban J connectivity index is 3.23. The number of hydrogen-bond donors (Lipinski definition) is 1. The highest BCUT2D eigenvalue weighted by molar-refractivity contribution is 7.90. The largest absolute Gasteiger partial charge is 0.302 e. The molecule has 0 rings (SSSR count). The van der Waals surface area contributed by atoms with Crippen molar-refractivity contribution in [2.75, 3.05) is 25.2 Å². The van der Waals surface area contributed by atoms with Gasteiger partial charge >= 0.3 is 0 Å². The van der Waals surface area contributed by atoms with Crippen LogP contribution in [0.15, 0.2) is 0 Å². The Morgan fingerprint density at radius 1 is 1.42 bits per heavy atom. The average molecular weight is 195 g/mol. The Labute approximate surface area is 74.2 Å². The fourth-order valence-corrected chi connectivity index (χ4v) is 0.979. The van der Waals surface area contributed by atoms with Crippen LogP contribution in [0.25, 0.3) is 0 Å². The van der Waals surface area contributed by atoms with Crippen molar-refractivity contribution in [3.63, 3.8) is 0 Å². The molecule has 0 saturated carbocycles. The van der Waals surface area contributed by atoms with Gasteiger partial charge in [-0.15, -0.1) is 0 Å². The Morgan fingerprint density at radius 3 is 2.42 bits per heavy atom. The summed E-state index contributed by atoms with van der Waals surface area (Å²) in [6, 6.07) is 0. The number of hydrogen-bond acceptors (Lipinski definition) is 4. The van der Waals surface area contributed by atoms with Gasteiger partial charge in [-0.2, -0.15) is 0 Å².